The number of carbonyl (C=O) groups is 1. The van der Waals surface area contributed by atoms with Crippen molar-refractivity contribution >= 4 is 5.97 Å². The average molecular weight is 623 g/mol. The van der Waals surface area contributed by atoms with Crippen LogP contribution in [-0.2, 0) is 23.7 Å². The molecule has 10 unspecified atom stereocenters. The summed E-state index contributed by atoms with van der Waals surface area (Å²) in [7, 11) is 0. The van der Waals surface area contributed by atoms with Gasteiger partial charge in [0.1, 0.15) is 6.10 Å². The summed E-state index contributed by atoms with van der Waals surface area (Å²) < 4.78 is 24.1. The molecule has 0 amide bonds. The van der Waals surface area contributed by atoms with E-state index >= 15 is 0 Å². The molecule has 4 aliphatic heterocycles. The van der Waals surface area contributed by atoms with E-state index in [0.29, 0.717) is 12.0 Å². The van der Waals surface area contributed by atoms with Crippen LogP contribution in [0.15, 0.2) is 11.6 Å². The zero-order valence-electron chi connectivity index (χ0n) is 27.6. The van der Waals surface area contributed by atoms with Crippen molar-refractivity contribution in [2.45, 2.75) is 210 Å². The summed E-state index contributed by atoms with van der Waals surface area (Å²) >= 11 is 0. The first-order chi connectivity index (χ1) is 21.3. The van der Waals surface area contributed by atoms with Crippen molar-refractivity contribution in [2.75, 3.05) is 0 Å². The van der Waals surface area contributed by atoms with E-state index in [0.717, 1.165) is 103 Å². The molecule has 8 heteroatoms. The first kappa shape index (κ1) is 35.8. The Morgan fingerprint density at radius 3 is 1.61 bits per heavy atom. The van der Waals surface area contributed by atoms with E-state index in [1.54, 1.807) is 0 Å². The Kier molecular flexibility index (Phi) is 15.4. The predicted molar refractivity (Wildman–Crippen MR) is 170 cm³/mol. The zero-order valence-corrected chi connectivity index (χ0v) is 27.6. The normalized spacial score (nSPS) is 32.6. The molecule has 0 aromatic heterocycles. The Morgan fingerprint density at radius 2 is 1.11 bits per heavy atom. The van der Waals surface area contributed by atoms with Gasteiger partial charge >= 0.3 is 5.97 Å². The Hall–Kier alpha value is -1.03. The third-order valence-electron chi connectivity index (χ3n) is 10.3. The first-order valence-electron chi connectivity index (χ1n) is 18.3. The SMILES string of the molecule is CCCCCC(O)C1CCC(C2CCC(C3CCC(C(O)CCCCCCCCCCC(O)CC4=CC(C)OC4=O)O3)O2)O1. The van der Waals surface area contributed by atoms with Crippen LogP contribution < -0.4 is 0 Å². The number of hydrogen-bond acceptors (Lipinski definition) is 8. The monoisotopic (exact) mass is 622 g/mol. The first-order valence-corrected chi connectivity index (χ1v) is 18.3. The van der Waals surface area contributed by atoms with Gasteiger partial charge in [0.15, 0.2) is 0 Å². The van der Waals surface area contributed by atoms with E-state index < -0.39 is 12.2 Å². The highest BCUT2D eigenvalue weighted by molar-refractivity contribution is 5.90. The van der Waals surface area contributed by atoms with Gasteiger partial charge in [0.05, 0.1) is 54.9 Å². The minimum absolute atomic E-state index is 0.0495. The number of carbonyl (C=O) groups excluding carboxylic acids is 1. The lowest BCUT2D eigenvalue weighted by Gasteiger charge is -2.25. The van der Waals surface area contributed by atoms with Crippen molar-refractivity contribution in [2.24, 2.45) is 0 Å². The standard InChI is InChI=1S/C36H62O8/c1-3-4-11-15-28(38)30-17-19-32(42-30)34-21-22-35(44-34)33-20-18-31(43-33)29(39)16-13-10-8-6-5-7-9-12-14-27(37)24-26-23-25(2)41-36(26)40/h23,25,27-35,37-39H,3-22,24H2,1-2H3. The van der Waals surface area contributed by atoms with Crippen LogP contribution in [0.5, 0.6) is 0 Å². The second-order valence-electron chi connectivity index (χ2n) is 14.1. The smallest absolute Gasteiger partial charge is 0.334 e. The molecule has 3 fully saturated rings. The summed E-state index contributed by atoms with van der Waals surface area (Å²) in [4.78, 5) is 11.7. The maximum absolute atomic E-state index is 11.7. The molecule has 4 aliphatic rings. The molecule has 4 rings (SSSR count). The quantitative estimate of drug-likeness (QED) is 0.0988. The van der Waals surface area contributed by atoms with Crippen molar-refractivity contribution in [1.29, 1.82) is 0 Å². The Labute approximate surface area is 266 Å². The highest BCUT2D eigenvalue weighted by Gasteiger charge is 2.43. The van der Waals surface area contributed by atoms with Crippen LogP contribution in [0, 0.1) is 0 Å². The van der Waals surface area contributed by atoms with E-state index in [2.05, 4.69) is 6.92 Å². The molecule has 0 bridgehead atoms. The van der Waals surface area contributed by atoms with Crippen LogP contribution in [0.4, 0.5) is 0 Å². The van der Waals surface area contributed by atoms with Gasteiger partial charge < -0.3 is 34.3 Å². The van der Waals surface area contributed by atoms with E-state index in [1.807, 2.05) is 13.0 Å². The third kappa shape index (κ3) is 11.3. The van der Waals surface area contributed by atoms with Crippen molar-refractivity contribution in [3.8, 4) is 0 Å². The van der Waals surface area contributed by atoms with Gasteiger partial charge in [0, 0.05) is 12.0 Å². The minimum atomic E-state index is -0.465. The van der Waals surface area contributed by atoms with Crippen LogP contribution in [0.25, 0.3) is 0 Å². The summed E-state index contributed by atoms with van der Waals surface area (Å²) in [5.74, 6) is -0.282. The van der Waals surface area contributed by atoms with E-state index in [1.165, 1.54) is 25.7 Å². The molecule has 254 valence electrons. The van der Waals surface area contributed by atoms with Gasteiger partial charge in [-0.1, -0.05) is 77.6 Å². The van der Waals surface area contributed by atoms with Gasteiger partial charge in [-0.05, 0) is 70.8 Å². The van der Waals surface area contributed by atoms with Crippen molar-refractivity contribution in [3.63, 3.8) is 0 Å². The maximum atomic E-state index is 11.7. The highest BCUT2D eigenvalue weighted by Crippen LogP contribution is 2.37. The molecule has 3 saturated heterocycles. The number of ether oxygens (including phenoxy) is 4. The molecule has 0 aliphatic carbocycles. The largest absolute Gasteiger partial charge is 0.455 e. The van der Waals surface area contributed by atoms with Crippen molar-refractivity contribution < 1.29 is 39.1 Å². The van der Waals surface area contributed by atoms with Crippen LogP contribution in [0.1, 0.15) is 149 Å². The molecule has 8 nitrogen and oxygen atoms in total. The molecular formula is C36H62O8. The van der Waals surface area contributed by atoms with Crippen LogP contribution >= 0.6 is 0 Å². The third-order valence-corrected chi connectivity index (χ3v) is 10.3. The molecule has 44 heavy (non-hydrogen) atoms. The fourth-order valence-corrected chi connectivity index (χ4v) is 7.63. The number of unbranched alkanes of at least 4 members (excludes halogenated alkanes) is 9. The summed E-state index contributed by atoms with van der Waals surface area (Å²) in [5, 5.41) is 31.5. The van der Waals surface area contributed by atoms with Crippen molar-refractivity contribution in [1.82, 2.24) is 0 Å². The number of aliphatic hydroxyl groups excluding tert-OH is 3. The lowest BCUT2D eigenvalue weighted by atomic mass is 10.00. The topological polar surface area (TPSA) is 115 Å². The summed E-state index contributed by atoms with van der Waals surface area (Å²) in [6, 6.07) is 0. The molecule has 3 N–H and O–H groups in total. The van der Waals surface area contributed by atoms with Crippen LogP contribution in [-0.4, -0.2) is 82.3 Å². The number of esters is 1. The highest BCUT2D eigenvalue weighted by atomic mass is 16.6. The Bertz CT molecular complexity index is 863. The second kappa shape index (κ2) is 19.0. The number of cyclic esters (lactones) is 1. The number of hydrogen-bond donors (Lipinski definition) is 3. The minimum Gasteiger partial charge on any atom is -0.455 e. The summed E-state index contributed by atoms with van der Waals surface area (Å²) in [6.07, 6.45) is 21.5. The van der Waals surface area contributed by atoms with Gasteiger partial charge in [0.2, 0.25) is 0 Å². The molecule has 0 radical (unpaired) electrons. The van der Waals surface area contributed by atoms with Gasteiger partial charge in [-0.15, -0.1) is 0 Å². The average Bonchev–Trinajstić information content (AvgIpc) is 3.81. The summed E-state index contributed by atoms with van der Waals surface area (Å²) in [6.45, 7) is 4.02. The second-order valence-corrected chi connectivity index (χ2v) is 14.1. The van der Waals surface area contributed by atoms with E-state index in [9.17, 15) is 20.1 Å². The number of aliphatic hydroxyl groups is 3. The molecule has 0 aromatic rings. The number of rotatable bonds is 21. The van der Waals surface area contributed by atoms with Gasteiger partial charge in [-0.25, -0.2) is 4.79 Å². The fraction of sp³-hybridized carbons (Fsp3) is 0.917. The van der Waals surface area contributed by atoms with Gasteiger partial charge in [0.25, 0.3) is 0 Å². The van der Waals surface area contributed by atoms with Gasteiger partial charge in [-0.2, -0.15) is 0 Å². The molecule has 0 aromatic carbocycles. The van der Waals surface area contributed by atoms with Crippen LogP contribution in [0.3, 0.4) is 0 Å². The van der Waals surface area contributed by atoms with Crippen LogP contribution in [0.2, 0.25) is 0 Å². The molecule has 10 atom stereocenters. The lowest BCUT2D eigenvalue weighted by Crippen LogP contribution is -2.34. The molecule has 0 saturated carbocycles. The molecular weight excluding hydrogens is 560 g/mol. The van der Waals surface area contributed by atoms with E-state index in [4.69, 9.17) is 18.9 Å². The molecule has 0 spiro atoms. The predicted octanol–water partition coefficient (Wildman–Crippen LogP) is 6.46. The van der Waals surface area contributed by atoms with Crippen molar-refractivity contribution in [3.05, 3.63) is 11.6 Å². The summed E-state index contributed by atoms with van der Waals surface area (Å²) in [5.41, 5.74) is 0.615. The Balaban J connectivity index is 0.980. The van der Waals surface area contributed by atoms with E-state index in [-0.39, 0.29) is 54.8 Å². The maximum Gasteiger partial charge on any atom is 0.334 e. The molecule has 4 heterocycles. The zero-order chi connectivity index (χ0) is 31.3. The van der Waals surface area contributed by atoms with Gasteiger partial charge in [-0.3, -0.25) is 0 Å². The fourth-order valence-electron chi connectivity index (χ4n) is 7.63. The lowest BCUT2D eigenvalue weighted by molar-refractivity contribution is -0.139. The Morgan fingerprint density at radius 1 is 0.659 bits per heavy atom.